The summed E-state index contributed by atoms with van der Waals surface area (Å²) in [7, 11) is 5.32. The molecule has 0 aliphatic carbocycles. The summed E-state index contributed by atoms with van der Waals surface area (Å²) in [6, 6.07) is 17.5. The molecule has 63 heavy (non-hydrogen) atoms. The SMILES string of the molecule is CC[C@H]1NC(=O)[C@@H](NC(=S)Nc2ccccc2)[C@@H](C)OC(=O)[C@H](c2ccccc2)NC(=O)[C@@H]2CC(=O)CCN2C(=O)[C@H](Cc2ccc(N(C)C)cc2)N(C)C(=O)[C@@H]2CCCN2C1=O. The van der Waals surface area contributed by atoms with E-state index in [0.29, 0.717) is 24.1 Å². The van der Waals surface area contributed by atoms with Crippen LogP contribution in [0.5, 0.6) is 0 Å². The molecule has 334 valence electrons. The quantitative estimate of drug-likeness (QED) is 0.201. The number of piperidine rings is 1. The van der Waals surface area contributed by atoms with Crippen LogP contribution in [0.4, 0.5) is 11.4 Å². The zero-order valence-electron chi connectivity index (χ0n) is 36.2. The normalized spacial score (nSPS) is 25.4. The summed E-state index contributed by atoms with van der Waals surface area (Å²) in [6.07, 6.45) is -0.547. The Hall–Kier alpha value is -6.36. The third-order valence-corrected chi connectivity index (χ3v) is 12.1. The van der Waals surface area contributed by atoms with Gasteiger partial charge in [-0.05, 0) is 73.8 Å². The van der Waals surface area contributed by atoms with Gasteiger partial charge in [-0.15, -0.1) is 0 Å². The zero-order chi connectivity index (χ0) is 45.4. The summed E-state index contributed by atoms with van der Waals surface area (Å²) in [5.41, 5.74) is 2.62. The minimum absolute atomic E-state index is 0.0151. The van der Waals surface area contributed by atoms with Gasteiger partial charge in [-0.3, -0.25) is 28.8 Å². The first-order valence-electron chi connectivity index (χ1n) is 21.3. The molecule has 5 amide bonds. The number of nitrogens with one attached hydrogen (secondary N) is 4. The predicted octanol–water partition coefficient (Wildman–Crippen LogP) is 2.73. The number of esters is 1. The number of rotatable bonds is 7. The molecule has 3 fully saturated rings. The molecular weight excluding hydrogens is 825 g/mol. The van der Waals surface area contributed by atoms with E-state index in [2.05, 4.69) is 21.3 Å². The van der Waals surface area contributed by atoms with Crippen LogP contribution in [0, 0.1) is 0 Å². The van der Waals surface area contributed by atoms with Crippen LogP contribution >= 0.6 is 12.2 Å². The molecule has 16 nitrogen and oxygen atoms in total. The fraction of sp³-hybridized carbons (Fsp3) is 0.435. The van der Waals surface area contributed by atoms with Gasteiger partial charge in [-0.2, -0.15) is 0 Å². The largest absolute Gasteiger partial charge is 0.458 e. The van der Waals surface area contributed by atoms with E-state index in [4.69, 9.17) is 17.0 Å². The number of para-hydroxylation sites is 1. The molecular formula is C46H56N8O8S. The van der Waals surface area contributed by atoms with Crippen LogP contribution in [0.25, 0.3) is 0 Å². The number of benzene rings is 3. The van der Waals surface area contributed by atoms with Crippen molar-refractivity contribution in [1.82, 2.24) is 30.7 Å². The van der Waals surface area contributed by atoms with Crippen molar-refractivity contribution in [1.29, 1.82) is 0 Å². The van der Waals surface area contributed by atoms with Crippen LogP contribution in [0.2, 0.25) is 0 Å². The molecule has 4 N–H and O–H groups in total. The highest BCUT2D eigenvalue weighted by molar-refractivity contribution is 7.80. The molecule has 3 aliphatic heterocycles. The van der Waals surface area contributed by atoms with Crippen molar-refractivity contribution in [3.63, 3.8) is 0 Å². The average Bonchev–Trinajstić information content (AvgIpc) is 3.78. The molecule has 0 aromatic heterocycles. The number of thiocarbonyl (C=S) groups is 1. The lowest BCUT2D eigenvalue weighted by atomic mass is 9.95. The van der Waals surface area contributed by atoms with Gasteiger partial charge in [-0.1, -0.05) is 67.6 Å². The van der Waals surface area contributed by atoms with Crippen molar-refractivity contribution in [2.45, 2.75) is 94.7 Å². The van der Waals surface area contributed by atoms with Crippen molar-refractivity contribution in [2.75, 3.05) is 44.4 Å². The summed E-state index contributed by atoms with van der Waals surface area (Å²) in [4.78, 5) is 106. The minimum Gasteiger partial charge on any atom is -0.458 e. The smallest absolute Gasteiger partial charge is 0.333 e. The summed E-state index contributed by atoms with van der Waals surface area (Å²) in [6.45, 7) is 3.34. The minimum atomic E-state index is -1.44. The van der Waals surface area contributed by atoms with Crippen molar-refractivity contribution >= 4 is 70.0 Å². The number of carbonyl (C=O) groups excluding carboxylic acids is 7. The summed E-state index contributed by atoms with van der Waals surface area (Å²) < 4.78 is 5.98. The molecule has 3 heterocycles. The second-order valence-electron chi connectivity index (χ2n) is 16.4. The van der Waals surface area contributed by atoms with Crippen LogP contribution in [0.1, 0.15) is 63.1 Å². The van der Waals surface area contributed by atoms with E-state index in [0.717, 1.165) is 11.3 Å². The monoisotopic (exact) mass is 880 g/mol. The van der Waals surface area contributed by atoms with Gasteiger partial charge in [0.25, 0.3) is 0 Å². The molecule has 3 aromatic carbocycles. The fourth-order valence-electron chi connectivity index (χ4n) is 8.25. The van der Waals surface area contributed by atoms with Gasteiger partial charge in [0.1, 0.15) is 42.1 Å². The maximum atomic E-state index is 15.0. The maximum absolute atomic E-state index is 15.0. The van der Waals surface area contributed by atoms with Gasteiger partial charge in [0.15, 0.2) is 11.2 Å². The van der Waals surface area contributed by atoms with E-state index in [1.165, 1.54) is 28.7 Å². The standard InChI is InChI=1S/C46H56N8O8S/c1-6-34-42(58)53-24-13-18-35(53)43(59)52(5)37(26-29-19-21-32(22-20-29)51(3)4)44(60)54-25-23-33(55)27-36(54)40(56)49-39(30-14-9-7-10-15-30)45(61)62-28(2)38(41(57)48-34)50-46(63)47-31-16-11-8-12-17-31/h7-12,14-17,19-22,28,34-39H,6,13,18,23-27H2,1-5H3,(H,48,57)(H,49,56)(H2,47,50,63)/t28-,34-,35+,36+,37+,38+,39+/m1/s1. The number of nitrogens with zero attached hydrogens (tertiary/aromatic N) is 4. The van der Waals surface area contributed by atoms with Gasteiger partial charge in [0.05, 0.1) is 0 Å². The van der Waals surface area contributed by atoms with E-state index in [1.807, 2.05) is 49.3 Å². The van der Waals surface area contributed by atoms with Crippen molar-refractivity contribution in [3.05, 3.63) is 96.1 Å². The van der Waals surface area contributed by atoms with Gasteiger partial charge in [0.2, 0.25) is 29.5 Å². The lowest BCUT2D eigenvalue weighted by Crippen LogP contribution is -2.61. The molecule has 6 rings (SSSR count). The van der Waals surface area contributed by atoms with Gasteiger partial charge in [0, 0.05) is 64.9 Å². The molecule has 0 spiro atoms. The third-order valence-electron chi connectivity index (χ3n) is 11.9. The molecule has 3 saturated heterocycles. The molecule has 0 unspecified atom stereocenters. The average molecular weight is 881 g/mol. The second-order valence-corrected chi connectivity index (χ2v) is 16.8. The highest BCUT2D eigenvalue weighted by atomic mass is 32.1. The number of Topliss-reactive ketones (excluding diaryl/α,β-unsaturated/α-hetero) is 1. The zero-order valence-corrected chi connectivity index (χ0v) is 37.1. The Morgan fingerprint density at radius 2 is 1.46 bits per heavy atom. The number of hydrogen-bond acceptors (Lipinski definition) is 10. The Balaban J connectivity index is 1.42. The van der Waals surface area contributed by atoms with Gasteiger partial charge >= 0.3 is 5.97 Å². The fourth-order valence-corrected chi connectivity index (χ4v) is 8.49. The number of ketones is 1. The molecule has 17 heteroatoms. The van der Waals surface area contributed by atoms with E-state index in [9.17, 15) is 33.6 Å². The van der Waals surface area contributed by atoms with Crippen LogP contribution in [0.15, 0.2) is 84.9 Å². The van der Waals surface area contributed by atoms with E-state index in [1.54, 1.807) is 61.5 Å². The molecule has 0 radical (unpaired) electrons. The highest BCUT2D eigenvalue weighted by Gasteiger charge is 2.45. The molecule has 0 bridgehead atoms. The van der Waals surface area contributed by atoms with Crippen LogP contribution in [0.3, 0.4) is 0 Å². The van der Waals surface area contributed by atoms with Crippen LogP contribution in [-0.2, 0) is 44.7 Å². The van der Waals surface area contributed by atoms with Crippen molar-refractivity contribution < 1.29 is 38.3 Å². The Morgan fingerprint density at radius 3 is 2.11 bits per heavy atom. The maximum Gasteiger partial charge on any atom is 0.333 e. The van der Waals surface area contributed by atoms with Crippen LogP contribution in [-0.4, -0.2) is 132 Å². The number of cyclic esters (lactones) is 1. The van der Waals surface area contributed by atoms with Gasteiger partial charge in [-0.25, -0.2) is 4.79 Å². The Labute approximate surface area is 373 Å². The first-order valence-corrected chi connectivity index (χ1v) is 21.7. The number of anilines is 2. The summed E-state index contributed by atoms with van der Waals surface area (Å²) in [5.74, 6) is -4.22. The Morgan fingerprint density at radius 1 is 0.810 bits per heavy atom. The van der Waals surface area contributed by atoms with E-state index >= 15 is 0 Å². The number of hydrogen-bond donors (Lipinski definition) is 4. The van der Waals surface area contributed by atoms with Crippen molar-refractivity contribution in [3.8, 4) is 0 Å². The van der Waals surface area contributed by atoms with Crippen LogP contribution < -0.4 is 26.2 Å². The lowest BCUT2D eigenvalue weighted by molar-refractivity contribution is -0.156. The number of amides is 5. The molecule has 3 aromatic rings. The first-order chi connectivity index (χ1) is 30.2. The number of carbonyl (C=O) groups is 7. The highest BCUT2D eigenvalue weighted by Crippen LogP contribution is 2.27. The predicted molar refractivity (Wildman–Crippen MR) is 240 cm³/mol. The van der Waals surface area contributed by atoms with E-state index < -0.39 is 77.9 Å². The summed E-state index contributed by atoms with van der Waals surface area (Å²) >= 11 is 5.60. The Kier molecular flexibility index (Phi) is 15.1. The molecule has 0 saturated carbocycles. The Bertz CT molecular complexity index is 2170. The van der Waals surface area contributed by atoms with E-state index in [-0.39, 0.29) is 49.7 Å². The number of ether oxygens (including phenoxy) is 1. The topological polar surface area (TPSA) is 190 Å². The number of likely N-dealkylation sites (N-methyl/N-ethyl adjacent to an activating group) is 1. The first kappa shape index (κ1) is 46.2. The van der Waals surface area contributed by atoms with Crippen molar-refractivity contribution in [2.24, 2.45) is 0 Å². The molecule has 3 aliphatic rings. The molecule has 7 atom stereocenters. The second kappa shape index (κ2) is 20.7. The lowest BCUT2D eigenvalue weighted by Gasteiger charge is -2.40. The van der Waals surface area contributed by atoms with Gasteiger partial charge < -0.3 is 45.6 Å². The third kappa shape index (κ3) is 11.0. The number of fused-ring (bicyclic) bond motifs is 2. The summed E-state index contributed by atoms with van der Waals surface area (Å²) in [5, 5.41) is 11.6.